The third kappa shape index (κ3) is 2.68. The van der Waals surface area contributed by atoms with E-state index in [2.05, 4.69) is 0 Å². The van der Waals surface area contributed by atoms with Gasteiger partial charge in [-0.25, -0.2) is 0 Å². The second-order valence-electron chi connectivity index (χ2n) is 4.70. The molecule has 18 heavy (non-hydrogen) atoms. The molecule has 2 rings (SSSR count). The zero-order valence-corrected chi connectivity index (χ0v) is 11.5. The van der Waals surface area contributed by atoms with Crippen LogP contribution in [0.5, 0.6) is 0 Å². The third-order valence-electron chi connectivity index (χ3n) is 3.28. The molecule has 1 unspecified atom stereocenters. The normalized spacial score (nSPS) is 19.9. The van der Waals surface area contributed by atoms with Gasteiger partial charge >= 0.3 is 0 Å². The van der Waals surface area contributed by atoms with E-state index in [9.17, 15) is 4.79 Å². The van der Waals surface area contributed by atoms with E-state index in [-0.39, 0.29) is 11.9 Å². The maximum atomic E-state index is 12.5. The molecule has 1 aliphatic rings. The van der Waals surface area contributed by atoms with Crippen molar-refractivity contribution in [3.63, 3.8) is 0 Å². The number of hydrogen-bond donors (Lipinski definition) is 0. The highest BCUT2D eigenvalue weighted by Crippen LogP contribution is 2.17. The van der Waals surface area contributed by atoms with E-state index in [0.717, 1.165) is 11.1 Å². The molecule has 1 amide bonds. The van der Waals surface area contributed by atoms with Crippen molar-refractivity contribution in [2.75, 3.05) is 25.6 Å². The first kappa shape index (κ1) is 13.4. The highest BCUT2D eigenvalue weighted by molar-refractivity contribution is 6.18. The van der Waals surface area contributed by atoms with Crippen LogP contribution in [0, 0.1) is 13.8 Å². The van der Waals surface area contributed by atoms with Gasteiger partial charge < -0.3 is 9.64 Å². The van der Waals surface area contributed by atoms with Gasteiger partial charge in [-0.15, -0.1) is 11.6 Å². The number of amides is 1. The van der Waals surface area contributed by atoms with Gasteiger partial charge in [0.05, 0.1) is 19.3 Å². The third-order valence-corrected chi connectivity index (χ3v) is 3.64. The molecule has 1 heterocycles. The van der Waals surface area contributed by atoms with Crippen LogP contribution in [-0.2, 0) is 4.74 Å². The van der Waals surface area contributed by atoms with E-state index < -0.39 is 0 Å². The average molecular weight is 268 g/mol. The number of carbonyl (C=O) groups is 1. The number of halogens is 1. The number of morpholine rings is 1. The predicted molar refractivity (Wildman–Crippen MR) is 72.3 cm³/mol. The largest absolute Gasteiger partial charge is 0.377 e. The Kier molecular flexibility index (Phi) is 4.25. The molecule has 0 aliphatic carbocycles. The summed E-state index contributed by atoms with van der Waals surface area (Å²) >= 11 is 5.90. The van der Waals surface area contributed by atoms with Gasteiger partial charge in [-0.3, -0.25) is 4.79 Å². The van der Waals surface area contributed by atoms with Gasteiger partial charge in [0.1, 0.15) is 0 Å². The molecule has 98 valence electrons. The van der Waals surface area contributed by atoms with Crippen LogP contribution < -0.4 is 0 Å². The lowest BCUT2D eigenvalue weighted by Crippen LogP contribution is -2.49. The van der Waals surface area contributed by atoms with Crippen molar-refractivity contribution in [2.24, 2.45) is 0 Å². The number of ether oxygens (including phenoxy) is 1. The molecule has 3 nitrogen and oxygen atoms in total. The Hall–Kier alpha value is -1.06. The summed E-state index contributed by atoms with van der Waals surface area (Å²) < 4.78 is 5.36. The summed E-state index contributed by atoms with van der Waals surface area (Å²) in [6.45, 7) is 5.72. The van der Waals surface area contributed by atoms with E-state index in [1.807, 2.05) is 36.9 Å². The monoisotopic (exact) mass is 267 g/mol. The van der Waals surface area contributed by atoms with E-state index in [1.54, 1.807) is 0 Å². The fourth-order valence-electron chi connectivity index (χ4n) is 2.26. The first-order valence-electron chi connectivity index (χ1n) is 6.15. The van der Waals surface area contributed by atoms with Gasteiger partial charge in [0.25, 0.3) is 5.91 Å². The molecule has 0 bridgehead atoms. The highest BCUT2D eigenvalue weighted by atomic mass is 35.5. The number of rotatable bonds is 2. The summed E-state index contributed by atoms with van der Waals surface area (Å²) in [4.78, 5) is 14.3. The maximum absolute atomic E-state index is 12.5. The van der Waals surface area contributed by atoms with Crippen molar-refractivity contribution in [3.05, 3.63) is 34.9 Å². The molecule has 1 fully saturated rings. The zero-order valence-electron chi connectivity index (χ0n) is 10.8. The summed E-state index contributed by atoms with van der Waals surface area (Å²) in [5.74, 6) is 0.470. The van der Waals surface area contributed by atoms with Crippen LogP contribution in [-0.4, -0.2) is 42.5 Å². The molecular weight excluding hydrogens is 250 g/mol. The Bertz CT molecular complexity index is 447. The number of hydrogen-bond acceptors (Lipinski definition) is 2. The van der Waals surface area contributed by atoms with Gasteiger partial charge in [0.15, 0.2) is 0 Å². The number of nitrogens with zero attached hydrogens (tertiary/aromatic N) is 1. The summed E-state index contributed by atoms with van der Waals surface area (Å²) in [5.41, 5.74) is 2.94. The average Bonchev–Trinajstić information content (AvgIpc) is 2.38. The van der Waals surface area contributed by atoms with Crippen molar-refractivity contribution in [3.8, 4) is 0 Å². The summed E-state index contributed by atoms with van der Waals surface area (Å²) in [5, 5.41) is 0. The quantitative estimate of drug-likeness (QED) is 0.770. The second-order valence-corrected chi connectivity index (χ2v) is 5.01. The minimum Gasteiger partial charge on any atom is -0.377 e. The van der Waals surface area contributed by atoms with Crippen molar-refractivity contribution >= 4 is 17.5 Å². The molecule has 0 N–H and O–H groups in total. The molecule has 0 saturated carbocycles. The Morgan fingerprint density at radius 1 is 1.50 bits per heavy atom. The first-order valence-corrected chi connectivity index (χ1v) is 6.69. The van der Waals surface area contributed by atoms with Crippen LogP contribution in [0.3, 0.4) is 0 Å². The summed E-state index contributed by atoms with van der Waals surface area (Å²) in [6.07, 6.45) is 0. The topological polar surface area (TPSA) is 29.5 Å². The fraction of sp³-hybridized carbons (Fsp3) is 0.500. The summed E-state index contributed by atoms with van der Waals surface area (Å²) in [6, 6.07) is 5.88. The van der Waals surface area contributed by atoms with Gasteiger partial charge in [-0.05, 0) is 25.5 Å². The molecule has 1 aromatic carbocycles. The van der Waals surface area contributed by atoms with Crippen molar-refractivity contribution in [1.29, 1.82) is 0 Å². The molecule has 1 aromatic rings. The van der Waals surface area contributed by atoms with E-state index in [1.165, 1.54) is 5.56 Å². The molecule has 4 heteroatoms. The van der Waals surface area contributed by atoms with Gasteiger partial charge in [-0.2, -0.15) is 0 Å². The Labute approximate surface area is 113 Å². The first-order chi connectivity index (χ1) is 8.63. The Morgan fingerprint density at radius 2 is 2.28 bits per heavy atom. The minimum absolute atomic E-state index is 0.0198. The van der Waals surface area contributed by atoms with Crippen LogP contribution in [0.4, 0.5) is 0 Å². The number of carbonyl (C=O) groups excluding carboxylic acids is 1. The minimum atomic E-state index is -0.0198. The number of aryl methyl sites for hydroxylation is 2. The lowest BCUT2D eigenvalue weighted by molar-refractivity contribution is 0.00452. The molecular formula is C14H18ClNO2. The highest BCUT2D eigenvalue weighted by Gasteiger charge is 2.28. The number of benzene rings is 1. The van der Waals surface area contributed by atoms with Gasteiger partial charge in [-0.1, -0.05) is 17.7 Å². The maximum Gasteiger partial charge on any atom is 0.254 e. The van der Waals surface area contributed by atoms with Crippen LogP contribution in [0.25, 0.3) is 0 Å². The van der Waals surface area contributed by atoms with E-state index in [0.29, 0.717) is 25.6 Å². The van der Waals surface area contributed by atoms with Crippen molar-refractivity contribution in [1.82, 2.24) is 4.90 Å². The predicted octanol–water partition coefficient (Wildman–Crippen LogP) is 2.38. The van der Waals surface area contributed by atoms with Crippen LogP contribution in [0.1, 0.15) is 21.5 Å². The molecule has 1 atom stereocenters. The SMILES string of the molecule is Cc1ccc(C(=O)N2CCOCC2CCl)c(C)c1. The number of alkyl halides is 1. The standard InChI is InChI=1S/C14H18ClNO2/c1-10-3-4-13(11(2)7-10)14(17)16-5-6-18-9-12(16)8-15/h3-4,7,12H,5-6,8-9H2,1-2H3. The molecule has 1 saturated heterocycles. The molecule has 0 spiro atoms. The Morgan fingerprint density at radius 3 is 2.94 bits per heavy atom. The van der Waals surface area contributed by atoms with Gasteiger partial charge in [0, 0.05) is 18.0 Å². The molecule has 0 aromatic heterocycles. The second kappa shape index (κ2) is 5.72. The lowest BCUT2D eigenvalue weighted by atomic mass is 10.0. The Balaban J connectivity index is 2.24. The van der Waals surface area contributed by atoms with Crippen molar-refractivity contribution < 1.29 is 9.53 Å². The van der Waals surface area contributed by atoms with E-state index in [4.69, 9.17) is 16.3 Å². The molecule has 1 aliphatic heterocycles. The van der Waals surface area contributed by atoms with Crippen LogP contribution >= 0.6 is 11.6 Å². The van der Waals surface area contributed by atoms with Crippen LogP contribution in [0.15, 0.2) is 18.2 Å². The smallest absolute Gasteiger partial charge is 0.254 e. The molecule has 0 radical (unpaired) electrons. The van der Waals surface area contributed by atoms with E-state index >= 15 is 0 Å². The van der Waals surface area contributed by atoms with Crippen molar-refractivity contribution in [2.45, 2.75) is 19.9 Å². The fourth-order valence-corrected chi connectivity index (χ4v) is 2.51. The zero-order chi connectivity index (χ0) is 13.1. The lowest BCUT2D eigenvalue weighted by Gasteiger charge is -2.34. The summed E-state index contributed by atoms with van der Waals surface area (Å²) in [7, 11) is 0. The van der Waals surface area contributed by atoms with Gasteiger partial charge in [0.2, 0.25) is 0 Å². The van der Waals surface area contributed by atoms with Crippen LogP contribution in [0.2, 0.25) is 0 Å².